The fourth-order valence-electron chi connectivity index (χ4n) is 3.46. The first-order chi connectivity index (χ1) is 17.2. The second-order valence-corrected chi connectivity index (χ2v) is 11.1. The van der Waals surface area contributed by atoms with Crippen molar-refractivity contribution in [3.63, 3.8) is 0 Å². The Morgan fingerprint density at radius 1 is 1.08 bits per heavy atom. The fraction of sp³-hybridized carbons (Fsp3) is 0.115. The molecule has 0 aliphatic carbocycles. The second kappa shape index (κ2) is 11.6. The van der Waals surface area contributed by atoms with Gasteiger partial charge in [-0.3, -0.25) is 19.3 Å². The van der Waals surface area contributed by atoms with Crippen molar-refractivity contribution in [2.24, 2.45) is 0 Å². The van der Waals surface area contributed by atoms with Crippen LogP contribution in [-0.2, 0) is 16.1 Å². The number of ether oxygens (including phenoxy) is 1. The zero-order valence-electron chi connectivity index (χ0n) is 18.9. The van der Waals surface area contributed by atoms with E-state index in [1.165, 1.54) is 4.90 Å². The first-order valence-corrected chi connectivity index (χ1v) is 13.5. The van der Waals surface area contributed by atoms with Crippen LogP contribution in [0.4, 0.5) is 10.5 Å². The molecule has 36 heavy (non-hydrogen) atoms. The summed E-state index contributed by atoms with van der Waals surface area (Å²) in [5.74, 6) is -0.220. The second-order valence-electron chi connectivity index (χ2n) is 7.92. The molecule has 6 nitrogen and oxygen atoms in total. The summed E-state index contributed by atoms with van der Waals surface area (Å²) in [6.07, 6.45) is 1.65. The van der Waals surface area contributed by atoms with Gasteiger partial charge in [0.1, 0.15) is 5.75 Å². The molecule has 3 aromatic rings. The largest absolute Gasteiger partial charge is 0.481 e. The van der Waals surface area contributed by atoms with Crippen molar-refractivity contribution >= 4 is 84.0 Å². The quantitative estimate of drug-likeness (QED) is 0.269. The van der Waals surface area contributed by atoms with Gasteiger partial charge in [0.2, 0.25) is 0 Å². The highest BCUT2D eigenvalue weighted by Crippen LogP contribution is 2.38. The van der Waals surface area contributed by atoms with E-state index in [-0.39, 0.29) is 30.2 Å². The number of halogens is 3. The van der Waals surface area contributed by atoms with Gasteiger partial charge in [0.05, 0.1) is 20.4 Å². The lowest BCUT2D eigenvalue weighted by Crippen LogP contribution is -2.27. The standard InChI is InChI=1S/C26H19Br2ClN2O4S/c1-15-4-2-7-19(8-15)30-23(32)14-35-24-20(27)10-17(11-21(24)28)12-22-25(33)31(26(34)36-22)13-16-5-3-6-18(29)9-16/h2-12H,13-14H2,1H3,(H,30,32)/b22-12-. The van der Waals surface area contributed by atoms with Gasteiger partial charge in [0.15, 0.2) is 6.61 Å². The lowest BCUT2D eigenvalue weighted by molar-refractivity contribution is -0.123. The number of nitrogens with one attached hydrogen (secondary N) is 1. The Morgan fingerprint density at radius 2 is 1.81 bits per heavy atom. The van der Waals surface area contributed by atoms with E-state index in [2.05, 4.69) is 37.2 Å². The SMILES string of the molecule is Cc1cccc(NC(=O)COc2c(Br)cc(/C=C3\SC(=O)N(Cc4cccc(Cl)c4)C3=O)cc2Br)c1. The maximum atomic E-state index is 12.9. The van der Waals surface area contributed by atoms with Crippen molar-refractivity contribution < 1.29 is 19.1 Å². The average molecular weight is 651 g/mol. The van der Waals surface area contributed by atoms with Crippen LogP contribution in [0, 0.1) is 6.92 Å². The van der Waals surface area contributed by atoms with Crippen LogP contribution in [0.25, 0.3) is 6.08 Å². The first-order valence-electron chi connectivity index (χ1n) is 10.7. The predicted molar refractivity (Wildman–Crippen MR) is 150 cm³/mol. The van der Waals surface area contributed by atoms with Crippen LogP contribution in [0.2, 0.25) is 5.02 Å². The molecule has 4 rings (SSSR count). The Labute approximate surface area is 234 Å². The highest BCUT2D eigenvalue weighted by Gasteiger charge is 2.35. The third-order valence-corrected chi connectivity index (χ3v) is 7.39. The van der Waals surface area contributed by atoms with Gasteiger partial charge in [-0.25, -0.2) is 0 Å². The van der Waals surface area contributed by atoms with Crippen LogP contribution in [0.15, 0.2) is 74.5 Å². The van der Waals surface area contributed by atoms with Crippen molar-refractivity contribution in [1.82, 2.24) is 4.90 Å². The van der Waals surface area contributed by atoms with Gasteiger partial charge in [-0.2, -0.15) is 0 Å². The summed E-state index contributed by atoms with van der Waals surface area (Å²) in [5, 5.41) is 2.99. The van der Waals surface area contributed by atoms with Gasteiger partial charge in [-0.1, -0.05) is 35.9 Å². The van der Waals surface area contributed by atoms with Gasteiger partial charge < -0.3 is 10.1 Å². The number of hydrogen-bond acceptors (Lipinski definition) is 5. The third kappa shape index (κ3) is 6.59. The lowest BCUT2D eigenvalue weighted by Gasteiger charge is -2.13. The molecule has 0 saturated carbocycles. The van der Waals surface area contributed by atoms with Crippen LogP contribution in [0.1, 0.15) is 16.7 Å². The van der Waals surface area contributed by atoms with E-state index in [4.69, 9.17) is 16.3 Å². The van der Waals surface area contributed by atoms with E-state index in [0.717, 1.165) is 22.9 Å². The van der Waals surface area contributed by atoms with E-state index in [1.54, 1.807) is 36.4 Å². The number of carbonyl (C=O) groups excluding carboxylic acids is 3. The molecule has 10 heteroatoms. The van der Waals surface area contributed by atoms with Crippen molar-refractivity contribution in [1.29, 1.82) is 0 Å². The zero-order valence-corrected chi connectivity index (χ0v) is 23.6. The fourth-order valence-corrected chi connectivity index (χ4v) is 5.97. The Morgan fingerprint density at radius 3 is 2.50 bits per heavy atom. The molecule has 1 saturated heterocycles. The van der Waals surface area contributed by atoms with Gasteiger partial charge in [-0.05, 0) is 110 Å². The van der Waals surface area contributed by atoms with Gasteiger partial charge in [0, 0.05) is 10.7 Å². The molecule has 3 amide bonds. The Balaban J connectivity index is 1.43. The molecular formula is C26H19Br2ClN2O4S. The average Bonchev–Trinajstić information content (AvgIpc) is 3.06. The van der Waals surface area contributed by atoms with E-state index >= 15 is 0 Å². The molecule has 0 spiro atoms. The molecule has 184 valence electrons. The highest BCUT2D eigenvalue weighted by molar-refractivity contribution is 9.11. The normalized spacial score (nSPS) is 14.4. The van der Waals surface area contributed by atoms with E-state index in [1.807, 2.05) is 37.3 Å². The summed E-state index contributed by atoms with van der Waals surface area (Å²) in [6, 6.07) is 18.0. The van der Waals surface area contributed by atoms with Gasteiger partial charge in [0.25, 0.3) is 17.1 Å². The van der Waals surface area contributed by atoms with E-state index < -0.39 is 0 Å². The monoisotopic (exact) mass is 648 g/mol. The molecule has 0 radical (unpaired) electrons. The minimum Gasteiger partial charge on any atom is -0.481 e. The van der Waals surface area contributed by atoms with Crippen LogP contribution in [0.5, 0.6) is 5.75 Å². The molecule has 0 unspecified atom stereocenters. The van der Waals surface area contributed by atoms with E-state index in [0.29, 0.717) is 35.9 Å². The van der Waals surface area contributed by atoms with Gasteiger partial charge in [-0.15, -0.1) is 0 Å². The number of thioether (sulfide) groups is 1. The minimum atomic E-state index is -0.370. The summed E-state index contributed by atoms with van der Waals surface area (Å²) in [4.78, 5) is 39.2. The molecule has 1 aliphatic heterocycles. The highest BCUT2D eigenvalue weighted by atomic mass is 79.9. The summed E-state index contributed by atoms with van der Waals surface area (Å²) < 4.78 is 6.89. The molecule has 0 atom stereocenters. The maximum Gasteiger partial charge on any atom is 0.293 e. The van der Waals surface area contributed by atoms with Gasteiger partial charge >= 0.3 is 0 Å². The molecule has 1 fully saturated rings. The molecule has 0 aromatic heterocycles. The van der Waals surface area contributed by atoms with Crippen LogP contribution in [-0.4, -0.2) is 28.6 Å². The van der Waals surface area contributed by atoms with Crippen molar-refractivity contribution in [3.05, 3.63) is 96.2 Å². The Hall–Kier alpha value is -2.59. The molecule has 1 N–H and O–H groups in total. The Kier molecular flexibility index (Phi) is 8.56. The number of benzene rings is 3. The molecule has 0 bridgehead atoms. The number of anilines is 1. The number of nitrogens with zero attached hydrogens (tertiary/aromatic N) is 1. The Bertz CT molecular complexity index is 1370. The topological polar surface area (TPSA) is 75.7 Å². The number of carbonyl (C=O) groups is 3. The minimum absolute atomic E-state index is 0.146. The van der Waals surface area contributed by atoms with Crippen molar-refractivity contribution in [2.75, 3.05) is 11.9 Å². The summed E-state index contributed by atoms with van der Waals surface area (Å²) >= 11 is 13.8. The summed E-state index contributed by atoms with van der Waals surface area (Å²) in [6.45, 7) is 1.90. The number of amides is 3. The smallest absolute Gasteiger partial charge is 0.293 e. The molecular weight excluding hydrogens is 632 g/mol. The number of rotatable bonds is 7. The number of aryl methyl sites for hydroxylation is 1. The van der Waals surface area contributed by atoms with Crippen LogP contribution >= 0.6 is 55.2 Å². The zero-order chi connectivity index (χ0) is 25.8. The van der Waals surface area contributed by atoms with Crippen molar-refractivity contribution in [2.45, 2.75) is 13.5 Å². The van der Waals surface area contributed by atoms with E-state index in [9.17, 15) is 14.4 Å². The van der Waals surface area contributed by atoms with Crippen molar-refractivity contribution in [3.8, 4) is 5.75 Å². The molecule has 1 aliphatic rings. The number of imide groups is 1. The van der Waals surface area contributed by atoms with Crippen LogP contribution < -0.4 is 10.1 Å². The summed E-state index contributed by atoms with van der Waals surface area (Å²) in [7, 11) is 0. The maximum absolute atomic E-state index is 12.9. The molecule has 3 aromatic carbocycles. The first kappa shape index (κ1) is 26.5. The predicted octanol–water partition coefficient (Wildman–Crippen LogP) is 7.43. The molecule has 1 heterocycles. The third-order valence-electron chi connectivity index (χ3n) is 5.07. The summed E-state index contributed by atoms with van der Waals surface area (Å²) in [5.41, 5.74) is 3.18. The van der Waals surface area contributed by atoms with Crippen LogP contribution in [0.3, 0.4) is 0 Å². The number of hydrogen-bond donors (Lipinski definition) is 1. The lowest BCUT2D eigenvalue weighted by atomic mass is 10.2.